The predicted octanol–water partition coefficient (Wildman–Crippen LogP) is -0.900. The van der Waals surface area contributed by atoms with Gasteiger partial charge in [-0.1, -0.05) is 12.2 Å². The Labute approximate surface area is 431 Å². The minimum absolute atomic E-state index is 0.0203. The maximum atomic E-state index is 13.6. The zero-order valence-corrected chi connectivity index (χ0v) is 44.4. The second kappa shape index (κ2) is 26.2. The molecule has 2 saturated heterocycles. The summed E-state index contributed by atoms with van der Waals surface area (Å²) in [6.45, 7) is 18.7. The van der Waals surface area contributed by atoms with E-state index in [2.05, 4.69) is 26.6 Å². The number of hydrogen-bond donors (Lipinski definition) is 12. The number of nitrogens with two attached hydrogens (primary N) is 2. The summed E-state index contributed by atoms with van der Waals surface area (Å²) in [6.07, 6.45) is -20.1. The van der Waals surface area contributed by atoms with Gasteiger partial charge in [0.2, 0.25) is 5.91 Å². The Hall–Kier alpha value is -4.23. The molecule has 27 heteroatoms. The molecule has 0 radical (unpaired) electrons. The minimum atomic E-state index is -1.85. The van der Waals surface area contributed by atoms with Gasteiger partial charge < -0.3 is 111 Å². The van der Waals surface area contributed by atoms with Crippen LogP contribution in [0, 0.1) is 0 Å². The molecule has 5 amide bonds. The maximum Gasteiger partial charge on any atom is 0.408 e. The van der Waals surface area contributed by atoms with Gasteiger partial charge in [-0.3, -0.25) is 4.79 Å². The first-order chi connectivity index (χ1) is 34.1. The second-order valence-electron chi connectivity index (χ2n) is 22.6. The van der Waals surface area contributed by atoms with Crippen molar-refractivity contribution in [3.63, 3.8) is 0 Å². The zero-order chi connectivity index (χ0) is 55.7. The lowest BCUT2D eigenvalue weighted by molar-refractivity contribution is -0.283. The van der Waals surface area contributed by atoms with Crippen LogP contribution >= 0.6 is 0 Å². The average Bonchev–Trinajstić information content (AvgIpc) is 3.54. The molecular formula is C47H83N7O20. The van der Waals surface area contributed by atoms with Gasteiger partial charge in [0, 0.05) is 26.1 Å². The lowest BCUT2D eigenvalue weighted by Crippen LogP contribution is -2.68. The Balaban J connectivity index is 1.69. The van der Waals surface area contributed by atoms with Crippen molar-refractivity contribution in [2.24, 2.45) is 11.5 Å². The van der Waals surface area contributed by atoms with Crippen LogP contribution in [0.1, 0.15) is 102 Å². The number of amides is 5. The van der Waals surface area contributed by atoms with Gasteiger partial charge in [0.1, 0.15) is 71.2 Å². The van der Waals surface area contributed by atoms with Crippen molar-refractivity contribution in [2.45, 2.75) is 229 Å². The smallest absolute Gasteiger partial charge is 0.408 e. The number of ether oxygens (including phenoxy) is 10. The predicted molar refractivity (Wildman–Crippen MR) is 258 cm³/mol. The van der Waals surface area contributed by atoms with Gasteiger partial charge >= 0.3 is 24.4 Å². The van der Waals surface area contributed by atoms with Crippen LogP contribution in [0.2, 0.25) is 0 Å². The topological polar surface area (TPSA) is 391 Å². The van der Waals surface area contributed by atoms with E-state index in [-0.39, 0.29) is 38.9 Å². The normalized spacial score (nSPS) is 33.1. The molecule has 0 aromatic rings. The van der Waals surface area contributed by atoms with Gasteiger partial charge in [0.25, 0.3) is 0 Å². The Morgan fingerprint density at radius 1 is 0.635 bits per heavy atom. The van der Waals surface area contributed by atoms with Crippen LogP contribution in [0.4, 0.5) is 19.2 Å². The lowest BCUT2D eigenvalue weighted by Gasteiger charge is -2.47. The fraction of sp³-hybridized carbons (Fsp3) is 0.851. The molecule has 14 N–H and O–H groups in total. The first-order valence-corrected chi connectivity index (χ1v) is 24.8. The second-order valence-corrected chi connectivity index (χ2v) is 22.6. The van der Waals surface area contributed by atoms with Crippen LogP contribution in [-0.4, -0.2) is 209 Å². The van der Waals surface area contributed by atoms with Gasteiger partial charge in [0.05, 0.1) is 43.0 Å². The molecule has 17 atom stereocenters. The van der Waals surface area contributed by atoms with E-state index in [1.807, 2.05) is 0 Å². The third-order valence-corrected chi connectivity index (χ3v) is 11.3. The molecule has 74 heavy (non-hydrogen) atoms. The standard InChI is InChI=1S/C47H83N7O20/c1-44(2,3)71-40(61)50-16-15-27(56)36(60)52-25-18-26(54-43(64)74-47(10,11)12)33(68-37-24(14-13-22(19-48)65-37)53-42(63)73-46(7,8)9)35(31(25)58)70-39-32(59)34(29(21-55)67-39)69-38-30(49)28(57)17-23(66-38)20-51-41(62)72-45(4,5)6/h13-14,22-35,37-39,55-59H,15-21,48-49H2,1-12H3,(H,50,61)(H,51,62)(H,52,60)(H,53,63)(H,54,64)/t22-,23+,24+,25+,26-,27-,28-,29+,30+,31-,32+,33+,34+,35+,37+,38+,39-/m0/s1. The Bertz CT molecular complexity index is 1890. The minimum Gasteiger partial charge on any atom is -0.444 e. The van der Waals surface area contributed by atoms with E-state index >= 15 is 0 Å². The number of nitrogens with one attached hydrogen (secondary N) is 5. The molecule has 4 aliphatic rings. The van der Waals surface area contributed by atoms with Gasteiger partial charge in [-0.15, -0.1) is 0 Å². The fourth-order valence-electron chi connectivity index (χ4n) is 8.06. The van der Waals surface area contributed by atoms with Gasteiger partial charge in [-0.2, -0.15) is 0 Å². The summed E-state index contributed by atoms with van der Waals surface area (Å²) in [4.78, 5) is 65.1. The van der Waals surface area contributed by atoms with Gasteiger partial charge in [0.15, 0.2) is 18.9 Å². The summed E-state index contributed by atoms with van der Waals surface area (Å²) in [5.74, 6) is -1.00. The zero-order valence-electron chi connectivity index (χ0n) is 44.4. The highest BCUT2D eigenvalue weighted by Gasteiger charge is 2.55. The molecule has 27 nitrogen and oxygen atoms in total. The van der Waals surface area contributed by atoms with Crippen molar-refractivity contribution in [1.82, 2.24) is 26.6 Å². The van der Waals surface area contributed by atoms with Gasteiger partial charge in [-0.25, -0.2) is 19.2 Å². The third-order valence-electron chi connectivity index (χ3n) is 11.3. The van der Waals surface area contributed by atoms with Crippen molar-refractivity contribution in [3.8, 4) is 0 Å². The lowest BCUT2D eigenvalue weighted by atomic mass is 9.83. The van der Waals surface area contributed by atoms with E-state index < -0.39 is 163 Å². The molecule has 3 aliphatic heterocycles. The first-order valence-electron chi connectivity index (χ1n) is 24.8. The summed E-state index contributed by atoms with van der Waals surface area (Å²) in [6, 6.07) is -4.99. The quantitative estimate of drug-likeness (QED) is 0.0620. The summed E-state index contributed by atoms with van der Waals surface area (Å²) < 4.78 is 58.9. The monoisotopic (exact) mass is 1070 g/mol. The van der Waals surface area contributed by atoms with Crippen LogP contribution in [0.3, 0.4) is 0 Å². The van der Waals surface area contributed by atoms with Crippen molar-refractivity contribution in [1.29, 1.82) is 0 Å². The number of carbonyl (C=O) groups is 5. The maximum absolute atomic E-state index is 13.6. The number of alkyl carbamates (subject to hydrolysis) is 4. The van der Waals surface area contributed by atoms with Crippen LogP contribution in [0.5, 0.6) is 0 Å². The molecule has 3 fully saturated rings. The molecular weight excluding hydrogens is 983 g/mol. The molecule has 1 aliphatic carbocycles. The van der Waals surface area contributed by atoms with E-state index in [4.69, 9.17) is 58.8 Å². The number of aliphatic hydroxyl groups excluding tert-OH is 5. The summed E-state index contributed by atoms with van der Waals surface area (Å²) in [5.41, 5.74) is 8.74. The van der Waals surface area contributed by atoms with E-state index in [0.29, 0.717) is 0 Å². The fourth-order valence-corrected chi connectivity index (χ4v) is 8.06. The summed E-state index contributed by atoms with van der Waals surface area (Å²) in [5, 5.41) is 69.7. The molecule has 426 valence electrons. The Morgan fingerprint density at radius 3 is 1.74 bits per heavy atom. The molecule has 4 rings (SSSR count). The van der Waals surface area contributed by atoms with E-state index in [1.54, 1.807) is 95.2 Å². The van der Waals surface area contributed by atoms with Crippen molar-refractivity contribution >= 4 is 30.3 Å². The highest BCUT2D eigenvalue weighted by Crippen LogP contribution is 2.35. The summed E-state index contributed by atoms with van der Waals surface area (Å²) in [7, 11) is 0. The molecule has 0 aromatic heterocycles. The molecule has 0 spiro atoms. The molecule has 0 aromatic carbocycles. The average molecular weight is 1070 g/mol. The molecule has 1 saturated carbocycles. The number of aliphatic hydroxyl groups is 5. The SMILES string of the molecule is CC(C)(C)OC(=O)NCC[C@H](O)C(=O)N[C@@H]1C[C@H](NC(=O)OC(C)(C)C)[C@@H](O[C@H]2O[C@H](CN)C=C[C@H]2NC(=O)OC(C)(C)C)[C@H](O[C@@H]2O[C@H](CO)[C@@H](O[C@H]3O[C@@H](CNC(=O)OC(C)(C)C)C[C@H](O)[C@H]3N)[C@H]2O)[C@H]1O. The van der Waals surface area contributed by atoms with E-state index in [0.717, 1.165) is 0 Å². The van der Waals surface area contributed by atoms with Crippen molar-refractivity contribution in [3.05, 3.63) is 12.2 Å². The number of rotatable bonds is 17. The first kappa shape index (κ1) is 62.3. The Morgan fingerprint density at radius 2 is 1.18 bits per heavy atom. The van der Waals surface area contributed by atoms with Crippen LogP contribution in [-0.2, 0) is 52.2 Å². The van der Waals surface area contributed by atoms with Crippen LogP contribution in [0.15, 0.2) is 12.2 Å². The van der Waals surface area contributed by atoms with Crippen LogP contribution < -0.4 is 38.1 Å². The molecule has 3 heterocycles. The summed E-state index contributed by atoms with van der Waals surface area (Å²) >= 11 is 0. The number of carbonyl (C=O) groups excluding carboxylic acids is 5. The number of hydrogen-bond acceptors (Lipinski definition) is 22. The Kier molecular flexibility index (Phi) is 22.1. The van der Waals surface area contributed by atoms with Crippen LogP contribution in [0.25, 0.3) is 0 Å². The van der Waals surface area contributed by atoms with E-state index in [9.17, 15) is 49.5 Å². The third kappa shape index (κ3) is 19.7. The van der Waals surface area contributed by atoms with Crippen molar-refractivity contribution in [2.75, 3.05) is 26.2 Å². The van der Waals surface area contributed by atoms with Crippen molar-refractivity contribution < 1.29 is 96.9 Å². The molecule has 0 bridgehead atoms. The highest BCUT2D eigenvalue weighted by atomic mass is 16.8. The van der Waals surface area contributed by atoms with E-state index in [1.165, 1.54) is 0 Å². The van der Waals surface area contributed by atoms with Gasteiger partial charge in [-0.05, 0) is 95.9 Å². The largest absolute Gasteiger partial charge is 0.444 e. The molecule has 0 unspecified atom stereocenters. The highest BCUT2D eigenvalue weighted by molar-refractivity contribution is 5.81.